The lowest BCUT2D eigenvalue weighted by molar-refractivity contribution is 0.100. The third kappa shape index (κ3) is 5.61. The van der Waals surface area contributed by atoms with Gasteiger partial charge in [-0.2, -0.15) is 0 Å². The van der Waals surface area contributed by atoms with E-state index in [0.29, 0.717) is 30.4 Å². The fourth-order valence-corrected chi connectivity index (χ4v) is 5.01. The monoisotopic (exact) mass is 559 g/mol. The molecule has 6 rings (SSSR count). The normalized spacial score (nSPS) is 13.1. The number of benzene rings is 3. The number of carbonyl (C=O) groups is 2. The molecule has 2 aromatic heterocycles. The Kier molecular flexibility index (Phi) is 7.44. The summed E-state index contributed by atoms with van der Waals surface area (Å²) < 4.78 is 5.58. The van der Waals surface area contributed by atoms with Crippen LogP contribution in [0.1, 0.15) is 16.1 Å². The first-order valence-corrected chi connectivity index (χ1v) is 13.6. The summed E-state index contributed by atoms with van der Waals surface area (Å²) in [6.07, 6.45) is 1.79. The number of nitrogens with two attached hydrogens (primary N) is 1. The molecule has 10 nitrogen and oxygen atoms in total. The number of fused-ring (bicyclic) bond motifs is 1. The summed E-state index contributed by atoms with van der Waals surface area (Å²) in [7, 11) is 0. The molecule has 5 aromatic rings. The number of urea groups is 1. The van der Waals surface area contributed by atoms with Gasteiger partial charge in [0, 0.05) is 47.2 Å². The zero-order valence-corrected chi connectivity index (χ0v) is 23.0. The molecule has 0 radical (unpaired) electrons. The molecule has 210 valence electrons. The number of nitrogens with one attached hydrogen (secondary N) is 2. The second-order valence-electron chi connectivity index (χ2n) is 9.90. The van der Waals surface area contributed by atoms with E-state index < -0.39 is 11.9 Å². The Morgan fingerprint density at radius 3 is 2.40 bits per heavy atom. The van der Waals surface area contributed by atoms with Crippen molar-refractivity contribution in [3.05, 3.63) is 96.3 Å². The van der Waals surface area contributed by atoms with Crippen molar-refractivity contribution in [2.75, 3.05) is 41.8 Å². The van der Waals surface area contributed by atoms with E-state index in [1.165, 1.54) is 0 Å². The summed E-state index contributed by atoms with van der Waals surface area (Å²) in [6.45, 7) is 4.76. The van der Waals surface area contributed by atoms with Crippen LogP contribution in [0.25, 0.3) is 33.4 Å². The van der Waals surface area contributed by atoms with Crippen LogP contribution in [0.4, 0.5) is 22.0 Å². The molecule has 0 saturated carbocycles. The highest BCUT2D eigenvalue weighted by molar-refractivity contribution is 6.06. The number of morpholine rings is 1. The Hall–Kier alpha value is -5.35. The molecule has 0 unspecified atom stereocenters. The summed E-state index contributed by atoms with van der Waals surface area (Å²) in [5, 5.41) is 6.43. The van der Waals surface area contributed by atoms with Gasteiger partial charge in [0.15, 0.2) is 5.82 Å². The summed E-state index contributed by atoms with van der Waals surface area (Å²) in [6, 6.07) is 23.6. The molecule has 3 aromatic carbocycles. The summed E-state index contributed by atoms with van der Waals surface area (Å²) in [5.41, 5.74) is 11.2. The zero-order chi connectivity index (χ0) is 29.1. The molecular formula is C32H29N7O3. The van der Waals surface area contributed by atoms with E-state index in [2.05, 4.69) is 44.8 Å². The average molecular weight is 560 g/mol. The Bertz CT molecular complexity index is 1780. The highest BCUT2D eigenvalue weighted by Gasteiger charge is 2.19. The van der Waals surface area contributed by atoms with Crippen molar-refractivity contribution in [2.45, 2.75) is 6.92 Å². The minimum atomic E-state index is -0.621. The molecular weight excluding hydrogens is 530 g/mol. The number of ether oxygens (including phenoxy) is 1. The van der Waals surface area contributed by atoms with Crippen LogP contribution in [0.3, 0.4) is 0 Å². The second-order valence-corrected chi connectivity index (χ2v) is 9.90. The molecule has 0 aliphatic carbocycles. The van der Waals surface area contributed by atoms with Crippen molar-refractivity contribution in [2.24, 2.45) is 5.73 Å². The van der Waals surface area contributed by atoms with Gasteiger partial charge in [-0.3, -0.25) is 9.78 Å². The summed E-state index contributed by atoms with van der Waals surface area (Å²) in [4.78, 5) is 40.9. The largest absolute Gasteiger partial charge is 0.378 e. The smallest absolute Gasteiger partial charge is 0.323 e. The van der Waals surface area contributed by atoms with Crippen LogP contribution in [0.5, 0.6) is 0 Å². The Balaban J connectivity index is 1.31. The maximum Gasteiger partial charge on any atom is 0.323 e. The first-order valence-electron chi connectivity index (χ1n) is 13.6. The van der Waals surface area contributed by atoms with Gasteiger partial charge >= 0.3 is 6.03 Å². The average Bonchev–Trinajstić information content (AvgIpc) is 3.01. The number of rotatable bonds is 6. The van der Waals surface area contributed by atoms with Crippen molar-refractivity contribution >= 4 is 40.0 Å². The van der Waals surface area contributed by atoms with E-state index >= 15 is 0 Å². The fourth-order valence-electron chi connectivity index (χ4n) is 5.01. The van der Waals surface area contributed by atoms with Crippen LogP contribution in [-0.2, 0) is 4.74 Å². The Morgan fingerprint density at radius 1 is 0.881 bits per heavy atom. The molecule has 3 heterocycles. The van der Waals surface area contributed by atoms with E-state index in [4.69, 9.17) is 20.4 Å². The van der Waals surface area contributed by atoms with Gasteiger partial charge in [-0.25, -0.2) is 14.8 Å². The lowest BCUT2D eigenvalue weighted by Gasteiger charge is -2.29. The molecule has 42 heavy (non-hydrogen) atoms. The van der Waals surface area contributed by atoms with Crippen LogP contribution < -0.4 is 21.3 Å². The lowest BCUT2D eigenvalue weighted by atomic mass is 10.0. The molecule has 0 spiro atoms. The number of pyridine rings is 1. The first kappa shape index (κ1) is 26.9. The number of aromatic nitrogens is 3. The first-order chi connectivity index (χ1) is 20.5. The maximum atomic E-state index is 12.6. The van der Waals surface area contributed by atoms with Crippen molar-refractivity contribution < 1.29 is 14.3 Å². The van der Waals surface area contributed by atoms with Gasteiger partial charge in [-0.15, -0.1) is 0 Å². The van der Waals surface area contributed by atoms with Crippen molar-refractivity contribution in [3.63, 3.8) is 0 Å². The number of nitrogens with zero attached hydrogens (tertiary/aromatic N) is 4. The third-order valence-electron chi connectivity index (χ3n) is 7.15. The van der Waals surface area contributed by atoms with Gasteiger partial charge in [-0.05, 0) is 67.1 Å². The molecule has 1 aliphatic rings. The van der Waals surface area contributed by atoms with Crippen LogP contribution >= 0.6 is 0 Å². The van der Waals surface area contributed by atoms with Gasteiger partial charge in [-0.1, -0.05) is 24.3 Å². The molecule has 0 bridgehead atoms. The fraction of sp³-hybridized carbons (Fsp3) is 0.156. The molecule has 1 saturated heterocycles. The minimum absolute atomic E-state index is 0.231. The van der Waals surface area contributed by atoms with Gasteiger partial charge in [0.2, 0.25) is 0 Å². The van der Waals surface area contributed by atoms with Crippen molar-refractivity contribution in [1.29, 1.82) is 0 Å². The van der Waals surface area contributed by atoms with Crippen LogP contribution in [0, 0.1) is 6.92 Å². The van der Waals surface area contributed by atoms with E-state index in [-0.39, 0.29) is 5.56 Å². The van der Waals surface area contributed by atoms with Crippen LogP contribution in [-0.4, -0.2) is 53.2 Å². The number of aryl methyl sites for hydroxylation is 1. The van der Waals surface area contributed by atoms with Gasteiger partial charge in [0.05, 0.1) is 30.0 Å². The third-order valence-corrected chi connectivity index (χ3v) is 7.15. The number of para-hydroxylation sites is 1. The van der Waals surface area contributed by atoms with Gasteiger partial charge < -0.3 is 26.0 Å². The highest BCUT2D eigenvalue weighted by atomic mass is 16.5. The van der Waals surface area contributed by atoms with Crippen molar-refractivity contribution in [3.8, 4) is 22.5 Å². The second kappa shape index (κ2) is 11.6. The standard InChI is InChI=1S/C32H29N7O3/c1-20-24(6-4-14-34-20)22-10-13-26-28(19-22)36-30(38-31(26)39-15-17-42-18-16-39)21-8-11-23(12-9-21)35-32(41)37-27-7-3-2-5-25(27)29(33)40/h2-14,19H,15-18H2,1H3,(H2,33,40)(H2,35,37,41). The Morgan fingerprint density at radius 2 is 1.64 bits per heavy atom. The number of anilines is 3. The van der Waals surface area contributed by atoms with Crippen LogP contribution in [0.15, 0.2) is 85.1 Å². The summed E-state index contributed by atoms with van der Waals surface area (Å²) in [5.74, 6) is 0.822. The molecule has 1 aliphatic heterocycles. The topological polar surface area (TPSA) is 135 Å². The Labute approximate surface area is 242 Å². The maximum absolute atomic E-state index is 12.6. The predicted octanol–water partition coefficient (Wildman–Crippen LogP) is 5.25. The number of amides is 3. The molecule has 4 N–H and O–H groups in total. The minimum Gasteiger partial charge on any atom is -0.378 e. The highest BCUT2D eigenvalue weighted by Crippen LogP contribution is 2.32. The molecule has 0 atom stereocenters. The molecule has 10 heteroatoms. The lowest BCUT2D eigenvalue weighted by Crippen LogP contribution is -2.37. The van der Waals surface area contributed by atoms with E-state index in [0.717, 1.165) is 52.2 Å². The van der Waals surface area contributed by atoms with Crippen LogP contribution in [0.2, 0.25) is 0 Å². The number of carbonyl (C=O) groups excluding carboxylic acids is 2. The zero-order valence-electron chi connectivity index (χ0n) is 23.0. The van der Waals surface area contributed by atoms with E-state index in [1.807, 2.05) is 25.1 Å². The van der Waals surface area contributed by atoms with E-state index in [9.17, 15) is 9.59 Å². The van der Waals surface area contributed by atoms with E-state index in [1.54, 1.807) is 42.6 Å². The van der Waals surface area contributed by atoms with Gasteiger partial charge in [0.1, 0.15) is 5.82 Å². The number of hydrogen-bond donors (Lipinski definition) is 3. The predicted molar refractivity (Wildman–Crippen MR) is 164 cm³/mol. The van der Waals surface area contributed by atoms with Crippen molar-refractivity contribution in [1.82, 2.24) is 15.0 Å². The number of hydrogen-bond acceptors (Lipinski definition) is 7. The quantitative estimate of drug-likeness (QED) is 0.259. The van der Waals surface area contributed by atoms with Gasteiger partial charge in [0.25, 0.3) is 5.91 Å². The molecule has 1 fully saturated rings. The SMILES string of the molecule is Cc1ncccc1-c1ccc2c(N3CCOCC3)nc(-c3ccc(NC(=O)Nc4ccccc4C(N)=O)cc3)nc2c1. The summed E-state index contributed by atoms with van der Waals surface area (Å²) >= 11 is 0. The molecule has 3 amide bonds. The number of primary amides is 1.